The molecule has 0 unspecified atom stereocenters. The lowest BCUT2D eigenvalue weighted by Gasteiger charge is -2.09. The summed E-state index contributed by atoms with van der Waals surface area (Å²) in [6, 6.07) is 13.7. The molecular formula is C16H18BrNO2. The molecule has 0 aliphatic heterocycles. The maximum Gasteiger partial charge on any atom is 0.133 e. The third kappa shape index (κ3) is 4.17. The molecule has 0 aromatic heterocycles. The Balaban J connectivity index is 1.81. The quantitative estimate of drug-likeness (QED) is 0.639. The number of hydrogen-bond acceptors (Lipinski definition) is 3. The largest absolute Gasteiger partial charge is 0.497 e. The first-order valence-corrected chi connectivity index (χ1v) is 7.29. The smallest absolute Gasteiger partial charge is 0.133 e. The van der Waals surface area contributed by atoms with Gasteiger partial charge >= 0.3 is 0 Å². The van der Waals surface area contributed by atoms with E-state index < -0.39 is 0 Å². The summed E-state index contributed by atoms with van der Waals surface area (Å²) in [5.74, 6) is 1.64. The number of nitrogens with two attached hydrogens (primary N) is 1. The molecule has 0 saturated carbocycles. The molecule has 0 heterocycles. The van der Waals surface area contributed by atoms with Crippen molar-refractivity contribution >= 4 is 21.6 Å². The number of hydrogen-bond donors (Lipinski definition) is 1. The van der Waals surface area contributed by atoms with Crippen molar-refractivity contribution in [3.05, 3.63) is 52.5 Å². The van der Waals surface area contributed by atoms with Crippen LogP contribution in [0.1, 0.15) is 12.0 Å². The first-order chi connectivity index (χ1) is 9.69. The molecule has 106 valence electrons. The summed E-state index contributed by atoms with van der Waals surface area (Å²) in [5.41, 5.74) is 7.80. The fraction of sp³-hybridized carbons (Fsp3) is 0.250. The lowest BCUT2D eigenvalue weighted by molar-refractivity contribution is 0.308. The van der Waals surface area contributed by atoms with E-state index in [0.29, 0.717) is 6.61 Å². The second kappa shape index (κ2) is 7.20. The number of benzene rings is 2. The van der Waals surface area contributed by atoms with E-state index in [1.165, 1.54) is 5.56 Å². The zero-order valence-corrected chi connectivity index (χ0v) is 13.0. The van der Waals surface area contributed by atoms with Gasteiger partial charge in [0, 0.05) is 5.69 Å². The molecule has 0 aliphatic rings. The van der Waals surface area contributed by atoms with Gasteiger partial charge in [-0.2, -0.15) is 0 Å². The number of anilines is 1. The summed E-state index contributed by atoms with van der Waals surface area (Å²) in [6.07, 6.45) is 1.90. The number of nitrogen functional groups attached to an aromatic ring is 1. The molecule has 4 heteroatoms. The van der Waals surface area contributed by atoms with Crippen LogP contribution in [0.3, 0.4) is 0 Å². The molecule has 0 aliphatic carbocycles. The summed E-state index contributed by atoms with van der Waals surface area (Å²) in [6.45, 7) is 0.666. The topological polar surface area (TPSA) is 44.5 Å². The summed E-state index contributed by atoms with van der Waals surface area (Å²) in [4.78, 5) is 0. The highest BCUT2D eigenvalue weighted by molar-refractivity contribution is 9.10. The van der Waals surface area contributed by atoms with Crippen LogP contribution in [0.4, 0.5) is 5.69 Å². The Morgan fingerprint density at radius 3 is 2.70 bits per heavy atom. The van der Waals surface area contributed by atoms with E-state index in [1.54, 1.807) is 7.11 Å². The van der Waals surface area contributed by atoms with E-state index in [9.17, 15) is 0 Å². The fourth-order valence-corrected chi connectivity index (χ4v) is 2.40. The Morgan fingerprint density at radius 1 is 1.15 bits per heavy atom. The van der Waals surface area contributed by atoms with Crippen LogP contribution < -0.4 is 15.2 Å². The Bertz CT molecular complexity index is 572. The predicted octanol–water partition coefficient (Wildman–Crippen LogP) is 4.05. The molecule has 2 N–H and O–H groups in total. The van der Waals surface area contributed by atoms with Gasteiger partial charge < -0.3 is 15.2 Å². The minimum absolute atomic E-state index is 0.666. The Labute approximate surface area is 127 Å². The number of methoxy groups -OCH3 is 1. The normalized spacial score (nSPS) is 10.3. The molecule has 0 radical (unpaired) electrons. The number of ether oxygens (including phenoxy) is 2. The van der Waals surface area contributed by atoms with Crippen molar-refractivity contribution in [1.29, 1.82) is 0 Å². The lowest BCUT2D eigenvalue weighted by atomic mass is 10.1. The van der Waals surface area contributed by atoms with Crippen molar-refractivity contribution in [3.8, 4) is 11.5 Å². The standard InChI is InChI=1S/C16H18BrNO2/c1-19-14-7-8-16(15(17)11-14)20-9-3-5-12-4-2-6-13(18)10-12/h2,4,6-8,10-11H,3,5,9,18H2,1H3. The van der Waals surface area contributed by atoms with E-state index in [0.717, 1.165) is 34.5 Å². The van der Waals surface area contributed by atoms with Crippen LogP contribution >= 0.6 is 15.9 Å². The second-order valence-electron chi connectivity index (χ2n) is 4.49. The average Bonchev–Trinajstić information content (AvgIpc) is 2.45. The van der Waals surface area contributed by atoms with Crippen molar-refractivity contribution < 1.29 is 9.47 Å². The highest BCUT2D eigenvalue weighted by Gasteiger charge is 2.03. The van der Waals surface area contributed by atoms with Crippen LogP contribution in [0.25, 0.3) is 0 Å². The first kappa shape index (κ1) is 14.7. The van der Waals surface area contributed by atoms with E-state index in [4.69, 9.17) is 15.2 Å². The van der Waals surface area contributed by atoms with Crippen LogP contribution in [0, 0.1) is 0 Å². The van der Waals surface area contributed by atoms with Crippen molar-refractivity contribution in [3.63, 3.8) is 0 Å². The molecular weight excluding hydrogens is 318 g/mol. The first-order valence-electron chi connectivity index (χ1n) is 6.50. The highest BCUT2D eigenvalue weighted by Crippen LogP contribution is 2.29. The Kier molecular flexibility index (Phi) is 5.30. The van der Waals surface area contributed by atoms with Gasteiger partial charge in [0.15, 0.2) is 0 Å². The molecule has 3 nitrogen and oxygen atoms in total. The molecule has 2 aromatic carbocycles. The van der Waals surface area contributed by atoms with Crippen LogP contribution in [-0.4, -0.2) is 13.7 Å². The van der Waals surface area contributed by atoms with Crippen molar-refractivity contribution in [2.75, 3.05) is 19.5 Å². The van der Waals surface area contributed by atoms with Gasteiger partial charge in [0.25, 0.3) is 0 Å². The fourth-order valence-electron chi connectivity index (χ4n) is 1.93. The number of aryl methyl sites for hydroxylation is 1. The Hall–Kier alpha value is -1.68. The highest BCUT2D eigenvalue weighted by atomic mass is 79.9. The molecule has 0 saturated heterocycles. The number of rotatable bonds is 6. The maximum absolute atomic E-state index is 5.75. The summed E-state index contributed by atoms with van der Waals surface area (Å²) >= 11 is 3.47. The van der Waals surface area contributed by atoms with E-state index in [2.05, 4.69) is 22.0 Å². The third-order valence-electron chi connectivity index (χ3n) is 2.96. The molecule has 0 atom stereocenters. The van der Waals surface area contributed by atoms with Gasteiger partial charge in [-0.05, 0) is 64.7 Å². The van der Waals surface area contributed by atoms with Gasteiger partial charge in [-0.25, -0.2) is 0 Å². The second-order valence-corrected chi connectivity index (χ2v) is 5.35. The zero-order valence-electron chi connectivity index (χ0n) is 11.4. The maximum atomic E-state index is 5.75. The summed E-state index contributed by atoms with van der Waals surface area (Å²) in [7, 11) is 1.65. The third-order valence-corrected chi connectivity index (χ3v) is 3.58. The Morgan fingerprint density at radius 2 is 2.00 bits per heavy atom. The number of halogens is 1. The predicted molar refractivity (Wildman–Crippen MR) is 85.4 cm³/mol. The van der Waals surface area contributed by atoms with Crippen LogP contribution in [-0.2, 0) is 6.42 Å². The van der Waals surface area contributed by atoms with Crippen LogP contribution in [0.5, 0.6) is 11.5 Å². The van der Waals surface area contributed by atoms with Gasteiger partial charge in [0.05, 0.1) is 18.2 Å². The van der Waals surface area contributed by atoms with Gasteiger partial charge in [0.2, 0.25) is 0 Å². The van der Waals surface area contributed by atoms with E-state index in [-0.39, 0.29) is 0 Å². The van der Waals surface area contributed by atoms with Crippen molar-refractivity contribution in [2.45, 2.75) is 12.8 Å². The van der Waals surface area contributed by atoms with E-state index in [1.807, 2.05) is 36.4 Å². The molecule has 20 heavy (non-hydrogen) atoms. The monoisotopic (exact) mass is 335 g/mol. The van der Waals surface area contributed by atoms with Gasteiger partial charge in [-0.3, -0.25) is 0 Å². The van der Waals surface area contributed by atoms with Crippen molar-refractivity contribution in [2.24, 2.45) is 0 Å². The van der Waals surface area contributed by atoms with E-state index >= 15 is 0 Å². The summed E-state index contributed by atoms with van der Waals surface area (Å²) < 4.78 is 11.8. The molecule has 2 rings (SSSR count). The SMILES string of the molecule is COc1ccc(OCCCc2cccc(N)c2)c(Br)c1. The molecule has 0 amide bonds. The lowest BCUT2D eigenvalue weighted by Crippen LogP contribution is -2.00. The van der Waals surface area contributed by atoms with Gasteiger partial charge in [-0.1, -0.05) is 12.1 Å². The molecule has 0 fully saturated rings. The zero-order chi connectivity index (χ0) is 14.4. The molecule has 0 spiro atoms. The van der Waals surface area contributed by atoms with Crippen molar-refractivity contribution in [1.82, 2.24) is 0 Å². The molecule has 0 bridgehead atoms. The average molecular weight is 336 g/mol. The van der Waals surface area contributed by atoms with Crippen LogP contribution in [0.2, 0.25) is 0 Å². The van der Waals surface area contributed by atoms with Gasteiger partial charge in [-0.15, -0.1) is 0 Å². The summed E-state index contributed by atoms with van der Waals surface area (Å²) in [5, 5.41) is 0. The molecule has 2 aromatic rings. The van der Waals surface area contributed by atoms with Gasteiger partial charge in [0.1, 0.15) is 11.5 Å². The minimum atomic E-state index is 0.666. The van der Waals surface area contributed by atoms with Crippen LogP contribution in [0.15, 0.2) is 46.9 Å². The minimum Gasteiger partial charge on any atom is -0.497 e.